The van der Waals surface area contributed by atoms with Crippen molar-refractivity contribution in [3.63, 3.8) is 0 Å². The summed E-state index contributed by atoms with van der Waals surface area (Å²) in [6.07, 6.45) is 5.60. The molecule has 3 aliphatic heterocycles. The number of benzene rings is 1. The predicted octanol–water partition coefficient (Wildman–Crippen LogP) is 3.64. The molecule has 25 heavy (non-hydrogen) atoms. The molecule has 6 heteroatoms. The zero-order valence-electron chi connectivity index (χ0n) is 14.4. The van der Waals surface area contributed by atoms with Crippen LogP contribution < -0.4 is 0 Å². The maximum Gasteiger partial charge on any atom is 0.335 e. The second-order valence-corrected chi connectivity index (χ2v) is 7.50. The number of aromatic carboxylic acids is 1. The number of hydrogen-bond acceptors (Lipinski definition) is 5. The van der Waals surface area contributed by atoms with Crippen molar-refractivity contribution in [2.24, 2.45) is 5.92 Å². The van der Waals surface area contributed by atoms with Gasteiger partial charge in [0.25, 0.3) is 0 Å². The monoisotopic (exact) mass is 348 g/mol. The van der Waals surface area contributed by atoms with Gasteiger partial charge in [-0.1, -0.05) is 25.0 Å². The van der Waals surface area contributed by atoms with Crippen LogP contribution in [0.1, 0.15) is 61.4 Å². The molecule has 4 aliphatic rings. The summed E-state index contributed by atoms with van der Waals surface area (Å²) < 4.78 is 12.3. The summed E-state index contributed by atoms with van der Waals surface area (Å²) in [6.45, 7) is 2.24. The molecule has 3 saturated heterocycles. The normalized spacial score (nSPS) is 37.3. The Hall–Kier alpha value is -1.47. The first-order chi connectivity index (χ1) is 12.0. The zero-order valence-corrected chi connectivity index (χ0v) is 14.4. The highest BCUT2D eigenvalue weighted by atomic mass is 17.3. The van der Waals surface area contributed by atoms with E-state index in [2.05, 4.69) is 0 Å². The average molecular weight is 348 g/mol. The first kappa shape index (κ1) is 17.0. The number of ether oxygens (including phenoxy) is 2. The second-order valence-electron chi connectivity index (χ2n) is 7.50. The van der Waals surface area contributed by atoms with Crippen molar-refractivity contribution in [2.75, 3.05) is 0 Å². The van der Waals surface area contributed by atoms with Crippen molar-refractivity contribution in [1.82, 2.24) is 0 Å². The second kappa shape index (κ2) is 6.36. The summed E-state index contributed by atoms with van der Waals surface area (Å²) in [4.78, 5) is 22.5. The first-order valence-electron chi connectivity index (χ1n) is 8.99. The van der Waals surface area contributed by atoms with Gasteiger partial charge in [0.1, 0.15) is 0 Å². The van der Waals surface area contributed by atoms with E-state index in [0.29, 0.717) is 12.5 Å². The van der Waals surface area contributed by atoms with Crippen molar-refractivity contribution in [2.45, 2.75) is 69.7 Å². The quantitative estimate of drug-likeness (QED) is 0.837. The van der Waals surface area contributed by atoms with Gasteiger partial charge in [-0.15, -0.1) is 0 Å². The van der Waals surface area contributed by atoms with E-state index in [1.165, 1.54) is 6.42 Å². The standard InChI is InChI=1S/C19H24O6/c1-18-11-9-15-4-2-3-10-19(15,25-24-18)17(23-18)22-12-13-5-7-14(8-6-13)16(20)21/h5-8,15,17H,2-4,9-12H2,1H3,(H,20,21)/t15?,17?,18-,19-/m0/s1. The van der Waals surface area contributed by atoms with Crippen molar-refractivity contribution in [3.8, 4) is 0 Å². The lowest BCUT2D eigenvalue weighted by molar-refractivity contribution is -0.550. The van der Waals surface area contributed by atoms with Gasteiger partial charge < -0.3 is 14.6 Å². The molecule has 1 saturated carbocycles. The first-order valence-corrected chi connectivity index (χ1v) is 8.99. The highest BCUT2D eigenvalue weighted by Gasteiger charge is 2.60. The van der Waals surface area contributed by atoms with Crippen molar-refractivity contribution < 1.29 is 29.1 Å². The number of carboxylic acids is 1. The lowest BCUT2D eigenvalue weighted by Gasteiger charge is -2.49. The summed E-state index contributed by atoms with van der Waals surface area (Å²) >= 11 is 0. The third kappa shape index (κ3) is 3.08. The van der Waals surface area contributed by atoms with Gasteiger partial charge in [0.15, 0.2) is 11.9 Å². The van der Waals surface area contributed by atoms with E-state index in [1.807, 2.05) is 6.92 Å². The Morgan fingerprint density at radius 3 is 2.76 bits per heavy atom. The molecule has 3 heterocycles. The molecule has 2 unspecified atom stereocenters. The fourth-order valence-corrected chi connectivity index (χ4v) is 4.23. The molecule has 1 spiro atoms. The van der Waals surface area contributed by atoms with Gasteiger partial charge in [0.05, 0.1) is 12.2 Å². The molecule has 2 bridgehead atoms. The molecule has 5 rings (SSSR count). The third-order valence-corrected chi connectivity index (χ3v) is 5.74. The zero-order chi connectivity index (χ0) is 17.5. The SMILES string of the molecule is C[C@@]12CCC3CCCC[C@@]3(OO1)C(OCc1ccc(C(=O)O)cc1)O2. The molecule has 1 aliphatic carbocycles. The minimum absolute atomic E-state index is 0.267. The largest absolute Gasteiger partial charge is 0.478 e. The maximum atomic E-state index is 11.0. The van der Waals surface area contributed by atoms with Crippen molar-refractivity contribution >= 4 is 5.97 Å². The highest BCUT2D eigenvalue weighted by molar-refractivity contribution is 5.87. The Balaban J connectivity index is 1.51. The van der Waals surface area contributed by atoms with E-state index >= 15 is 0 Å². The summed E-state index contributed by atoms with van der Waals surface area (Å²) in [6, 6.07) is 6.72. The molecule has 1 aromatic carbocycles. The van der Waals surface area contributed by atoms with E-state index in [1.54, 1.807) is 24.3 Å². The lowest BCUT2D eigenvalue weighted by Crippen LogP contribution is -2.59. The molecular weight excluding hydrogens is 324 g/mol. The summed E-state index contributed by atoms with van der Waals surface area (Å²) in [5.74, 6) is -1.32. The molecule has 0 aromatic heterocycles. The molecular formula is C19H24O6. The summed E-state index contributed by atoms with van der Waals surface area (Å²) in [5.41, 5.74) is 0.641. The molecule has 4 fully saturated rings. The topological polar surface area (TPSA) is 74.2 Å². The average Bonchev–Trinajstić information content (AvgIpc) is 2.85. The third-order valence-electron chi connectivity index (χ3n) is 5.74. The Labute approximate surface area is 146 Å². The molecule has 6 nitrogen and oxygen atoms in total. The van der Waals surface area contributed by atoms with Gasteiger partial charge in [-0.25, -0.2) is 14.6 Å². The molecule has 0 radical (unpaired) electrons. The van der Waals surface area contributed by atoms with Crippen LogP contribution in [0.25, 0.3) is 0 Å². The number of carboxylic acid groups (broad SMARTS) is 1. The van der Waals surface area contributed by atoms with Crippen LogP contribution in [0, 0.1) is 5.92 Å². The fourth-order valence-electron chi connectivity index (χ4n) is 4.23. The van der Waals surface area contributed by atoms with Crippen LogP contribution >= 0.6 is 0 Å². The number of rotatable bonds is 4. The van der Waals surface area contributed by atoms with Gasteiger partial charge in [-0.3, -0.25) is 0 Å². The van der Waals surface area contributed by atoms with Crippen molar-refractivity contribution in [1.29, 1.82) is 0 Å². The van der Waals surface area contributed by atoms with E-state index in [0.717, 1.165) is 37.7 Å². The van der Waals surface area contributed by atoms with Crippen LogP contribution in [0.2, 0.25) is 0 Å². The van der Waals surface area contributed by atoms with Crippen LogP contribution in [-0.4, -0.2) is 28.8 Å². The smallest absolute Gasteiger partial charge is 0.335 e. The molecule has 4 atom stereocenters. The van der Waals surface area contributed by atoms with E-state index in [4.69, 9.17) is 24.4 Å². The minimum atomic E-state index is -0.931. The van der Waals surface area contributed by atoms with Crippen LogP contribution in [0.15, 0.2) is 24.3 Å². The molecule has 1 N–H and O–H groups in total. The van der Waals surface area contributed by atoms with Crippen LogP contribution in [0.3, 0.4) is 0 Å². The Morgan fingerprint density at radius 2 is 2.00 bits per heavy atom. The fraction of sp³-hybridized carbons (Fsp3) is 0.632. The number of fused-ring (bicyclic) bond motifs is 3. The Bertz CT molecular complexity index is 640. The Kier molecular flexibility index (Phi) is 4.32. The minimum Gasteiger partial charge on any atom is -0.478 e. The summed E-state index contributed by atoms with van der Waals surface area (Å²) in [5, 5.41) is 8.99. The van der Waals surface area contributed by atoms with Crippen LogP contribution in [-0.2, 0) is 25.9 Å². The van der Waals surface area contributed by atoms with Crippen LogP contribution in [0.4, 0.5) is 0 Å². The number of hydrogen-bond donors (Lipinski definition) is 1. The van der Waals surface area contributed by atoms with E-state index < -0.39 is 23.6 Å². The van der Waals surface area contributed by atoms with Gasteiger partial charge in [0, 0.05) is 6.42 Å². The molecule has 136 valence electrons. The highest BCUT2D eigenvalue weighted by Crippen LogP contribution is 2.52. The van der Waals surface area contributed by atoms with Gasteiger partial charge in [-0.05, 0) is 49.8 Å². The molecule has 1 aromatic rings. The maximum absolute atomic E-state index is 11.0. The molecule has 0 amide bonds. The summed E-state index contributed by atoms with van der Waals surface area (Å²) in [7, 11) is 0. The van der Waals surface area contributed by atoms with E-state index in [-0.39, 0.29) is 5.56 Å². The predicted molar refractivity (Wildman–Crippen MR) is 87.6 cm³/mol. The van der Waals surface area contributed by atoms with Gasteiger partial charge in [0.2, 0.25) is 5.79 Å². The number of carbonyl (C=O) groups is 1. The van der Waals surface area contributed by atoms with Crippen LogP contribution in [0.5, 0.6) is 0 Å². The van der Waals surface area contributed by atoms with E-state index in [9.17, 15) is 4.79 Å². The van der Waals surface area contributed by atoms with Gasteiger partial charge >= 0.3 is 5.97 Å². The van der Waals surface area contributed by atoms with Crippen molar-refractivity contribution in [3.05, 3.63) is 35.4 Å². The van der Waals surface area contributed by atoms with Gasteiger partial charge in [-0.2, -0.15) is 0 Å². The Morgan fingerprint density at radius 1 is 1.20 bits per heavy atom. The lowest BCUT2D eigenvalue weighted by atomic mass is 9.73.